The number of benzene rings is 2. The van der Waals surface area contributed by atoms with E-state index in [1.54, 1.807) is 0 Å². The first-order chi connectivity index (χ1) is 14.7. The van der Waals surface area contributed by atoms with Crippen molar-refractivity contribution in [3.05, 3.63) is 90.3 Å². The second kappa shape index (κ2) is 9.23. The molecule has 2 heterocycles. The van der Waals surface area contributed by atoms with Crippen LogP contribution in [0.1, 0.15) is 24.5 Å². The summed E-state index contributed by atoms with van der Waals surface area (Å²) >= 11 is 0. The summed E-state index contributed by atoms with van der Waals surface area (Å²) < 4.78 is 0. The van der Waals surface area contributed by atoms with Gasteiger partial charge in [-0.2, -0.15) is 0 Å². The minimum absolute atomic E-state index is 0.171. The van der Waals surface area contributed by atoms with Gasteiger partial charge in [0.05, 0.1) is 5.41 Å². The Kier molecular flexibility index (Phi) is 6.24. The molecule has 4 heteroatoms. The van der Waals surface area contributed by atoms with E-state index in [1.807, 2.05) is 25.4 Å². The molecule has 1 unspecified atom stereocenters. The first kappa shape index (κ1) is 20.3. The van der Waals surface area contributed by atoms with Crippen LogP contribution in [-0.2, 0) is 17.8 Å². The lowest BCUT2D eigenvalue weighted by Crippen LogP contribution is -2.44. The van der Waals surface area contributed by atoms with E-state index < -0.39 is 5.41 Å². The number of nitrogens with zero attached hydrogens (tertiary/aromatic N) is 2. The zero-order valence-corrected chi connectivity index (χ0v) is 17.6. The van der Waals surface area contributed by atoms with Crippen molar-refractivity contribution in [2.24, 2.45) is 5.41 Å². The normalized spacial score (nSPS) is 19.0. The molecule has 1 atom stereocenters. The van der Waals surface area contributed by atoms with Crippen LogP contribution in [0.25, 0.3) is 11.1 Å². The van der Waals surface area contributed by atoms with E-state index >= 15 is 0 Å². The van der Waals surface area contributed by atoms with Crippen LogP contribution < -0.4 is 5.32 Å². The minimum atomic E-state index is -0.409. The molecule has 0 aliphatic carbocycles. The number of carbonyl (C=O) groups is 1. The summed E-state index contributed by atoms with van der Waals surface area (Å²) in [5.74, 6) is 0.171. The molecule has 1 amide bonds. The van der Waals surface area contributed by atoms with Gasteiger partial charge in [0.1, 0.15) is 0 Å². The maximum Gasteiger partial charge on any atom is 0.227 e. The molecule has 3 aromatic rings. The van der Waals surface area contributed by atoms with E-state index in [-0.39, 0.29) is 5.91 Å². The molecule has 4 rings (SSSR count). The average Bonchev–Trinajstić information content (AvgIpc) is 3.19. The molecule has 0 radical (unpaired) electrons. The van der Waals surface area contributed by atoms with Gasteiger partial charge in [-0.05, 0) is 60.7 Å². The van der Waals surface area contributed by atoms with E-state index in [4.69, 9.17) is 0 Å². The summed E-state index contributed by atoms with van der Waals surface area (Å²) in [6, 6.07) is 23.1. The molecule has 4 nitrogen and oxygen atoms in total. The van der Waals surface area contributed by atoms with Crippen LogP contribution in [0.15, 0.2) is 79.1 Å². The molecule has 1 aliphatic rings. The first-order valence-corrected chi connectivity index (χ1v) is 10.7. The molecule has 1 fully saturated rings. The summed E-state index contributed by atoms with van der Waals surface area (Å²) in [4.78, 5) is 19.8. The Labute approximate surface area is 179 Å². The Hall–Kier alpha value is -2.98. The largest absolute Gasteiger partial charge is 0.356 e. The van der Waals surface area contributed by atoms with E-state index in [0.29, 0.717) is 6.54 Å². The number of pyridine rings is 1. The number of rotatable bonds is 7. The Morgan fingerprint density at radius 2 is 1.77 bits per heavy atom. The van der Waals surface area contributed by atoms with E-state index in [0.717, 1.165) is 32.5 Å². The van der Waals surface area contributed by atoms with Crippen molar-refractivity contribution in [3.8, 4) is 11.1 Å². The molecule has 154 valence electrons. The smallest absolute Gasteiger partial charge is 0.227 e. The Balaban J connectivity index is 1.61. The molecule has 1 N–H and O–H groups in total. The van der Waals surface area contributed by atoms with Crippen LogP contribution in [0.5, 0.6) is 0 Å². The van der Waals surface area contributed by atoms with Gasteiger partial charge in [0.25, 0.3) is 0 Å². The zero-order chi connectivity index (χ0) is 20.8. The van der Waals surface area contributed by atoms with Gasteiger partial charge in [0.15, 0.2) is 0 Å². The lowest BCUT2D eigenvalue weighted by molar-refractivity contribution is -0.130. The number of amides is 1. The monoisotopic (exact) mass is 399 g/mol. The van der Waals surface area contributed by atoms with Gasteiger partial charge in [-0.1, -0.05) is 54.6 Å². The number of hydrogen-bond donors (Lipinski definition) is 1. The van der Waals surface area contributed by atoms with Gasteiger partial charge >= 0.3 is 0 Å². The Bertz CT molecular complexity index is 974. The number of hydrogen-bond acceptors (Lipinski definition) is 3. The van der Waals surface area contributed by atoms with Crippen molar-refractivity contribution in [1.82, 2.24) is 15.2 Å². The highest BCUT2D eigenvalue weighted by Gasteiger charge is 2.44. The fourth-order valence-electron chi connectivity index (χ4n) is 4.54. The second-order valence-corrected chi connectivity index (χ2v) is 8.16. The lowest BCUT2D eigenvalue weighted by Gasteiger charge is -2.29. The molecule has 2 aromatic carbocycles. The van der Waals surface area contributed by atoms with Gasteiger partial charge in [-0.3, -0.25) is 14.7 Å². The third-order valence-corrected chi connectivity index (χ3v) is 6.04. The third-order valence-electron chi connectivity index (χ3n) is 6.04. The van der Waals surface area contributed by atoms with E-state index in [1.165, 1.54) is 22.3 Å². The molecule has 1 aromatic heterocycles. The van der Waals surface area contributed by atoms with Crippen molar-refractivity contribution < 1.29 is 4.79 Å². The fourth-order valence-corrected chi connectivity index (χ4v) is 4.54. The summed E-state index contributed by atoms with van der Waals surface area (Å²) in [6.45, 7) is 5.19. The van der Waals surface area contributed by atoms with E-state index in [2.05, 4.69) is 75.9 Å². The highest BCUT2D eigenvalue weighted by Crippen LogP contribution is 2.38. The average molecular weight is 400 g/mol. The second-order valence-electron chi connectivity index (χ2n) is 8.16. The van der Waals surface area contributed by atoms with Crippen molar-refractivity contribution in [3.63, 3.8) is 0 Å². The molecule has 30 heavy (non-hydrogen) atoms. The number of carbonyl (C=O) groups excluding carboxylic acids is 1. The van der Waals surface area contributed by atoms with Crippen LogP contribution >= 0.6 is 0 Å². The van der Waals surface area contributed by atoms with Crippen LogP contribution in [0, 0.1) is 5.41 Å². The molecule has 0 saturated carbocycles. The number of nitrogens with one attached hydrogen (secondary N) is 1. The topological polar surface area (TPSA) is 45.2 Å². The summed E-state index contributed by atoms with van der Waals surface area (Å²) in [5, 5.41) is 3.12. The van der Waals surface area contributed by atoms with Crippen molar-refractivity contribution >= 4 is 5.91 Å². The lowest BCUT2D eigenvalue weighted by atomic mass is 9.78. The van der Waals surface area contributed by atoms with Crippen LogP contribution in [0.3, 0.4) is 0 Å². The third kappa shape index (κ3) is 4.44. The number of likely N-dealkylation sites (tertiary alicyclic amines) is 1. The van der Waals surface area contributed by atoms with Crippen molar-refractivity contribution in [1.29, 1.82) is 0 Å². The molecule has 1 saturated heterocycles. The highest BCUT2D eigenvalue weighted by atomic mass is 16.2. The Morgan fingerprint density at radius 1 is 1.03 bits per heavy atom. The van der Waals surface area contributed by atoms with Gasteiger partial charge in [0, 0.05) is 32.0 Å². The molecule has 0 spiro atoms. The van der Waals surface area contributed by atoms with Crippen LogP contribution in [0.4, 0.5) is 0 Å². The van der Waals surface area contributed by atoms with Crippen molar-refractivity contribution in [2.45, 2.75) is 26.3 Å². The SMILES string of the molecule is CCNC(=O)C1(Cc2ccccc2-c2ccccc2)CCN(Cc2ccncc2)C1. The zero-order valence-electron chi connectivity index (χ0n) is 17.6. The Morgan fingerprint density at radius 3 is 2.53 bits per heavy atom. The molecule has 1 aliphatic heterocycles. The van der Waals surface area contributed by atoms with E-state index in [9.17, 15) is 4.79 Å². The predicted molar refractivity (Wildman–Crippen MR) is 121 cm³/mol. The minimum Gasteiger partial charge on any atom is -0.356 e. The molecular formula is C26H29N3O. The standard InChI is InChI=1S/C26H29N3O/c1-2-28-25(30)26(14-17-29(20-26)19-21-12-15-27-16-13-21)18-23-10-6-7-11-24(23)22-8-4-3-5-9-22/h3-13,15-16H,2,14,17-20H2,1H3,(H,28,30). The fraction of sp³-hybridized carbons (Fsp3) is 0.308. The maximum atomic E-state index is 13.3. The highest BCUT2D eigenvalue weighted by molar-refractivity contribution is 5.84. The summed E-state index contributed by atoms with van der Waals surface area (Å²) in [6.07, 6.45) is 5.28. The number of aromatic nitrogens is 1. The molecule has 0 bridgehead atoms. The van der Waals surface area contributed by atoms with Crippen molar-refractivity contribution in [2.75, 3.05) is 19.6 Å². The molecular weight excluding hydrogens is 370 g/mol. The summed E-state index contributed by atoms with van der Waals surface area (Å²) in [5.41, 5.74) is 4.48. The van der Waals surface area contributed by atoms with Gasteiger partial charge in [0.2, 0.25) is 5.91 Å². The predicted octanol–water partition coefficient (Wildman–Crippen LogP) is 4.32. The van der Waals surface area contributed by atoms with Gasteiger partial charge in [-0.25, -0.2) is 0 Å². The van der Waals surface area contributed by atoms with Gasteiger partial charge in [-0.15, -0.1) is 0 Å². The summed E-state index contributed by atoms with van der Waals surface area (Å²) in [7, 11) is 0. The van der Waals surface area contributed by atoms with Crippen LogP contribution in [0.2, 0.25) is 0 Å². The van der Waals surface area contributed by atoms with Gasteiger partial charge < -0.3 is 5.32 Å². The first-order valence-electron chi connectivity index (χ1n) is 10.7. The van der Waals surface area contributed by atoms with Crippen LogP contribution in [-0.4, -0.2) is 35.4 Å². The maximum absolute atomic E-state index is 13.3. The quantitative estimate of drug-likeness (QED) is 0.644.